The maximum absolute atomic E-state index is 4.73. The van der Waals surface area contributed by atoms with Crippen molar-refractivity contribution in [2.45, 2.75) is 51.2 Å². The second-order valence-corrected chi connectivity index (χ2v) is 6.62. The van der Waals surface area contributed by atoms with E-state index in [9.17, 15) is 0 Å². The zero-order valence-corrected chi connectivity index (χ0v) is 13.5. The number of piperidine rings is 1. The van der Waals surface area contributed by atoms with E-state index in [1.165, 1.54) is 31.2 Å². The lowest BCUT2D eigenvalue weighted by molar-refractivity contribution is 0.249. The summed E-state index contributed by atoms with van der Waals surface area (Å²) in [6.45, 7) is 5.12. The van der Waals surface area contributed by atoms with Crippen LogP contribution in [0.3, 0.4) is 0 Å². The average Bonchev–Trinajstić information content (AvgIpc) is 3.30. The fourth-order valence-corrected chi connectivity index (χ4v) is 2.93. The Morgan fingerprint density at radius 3 is 2.52 bits per heavy atom. The molecule has 1 aromatic heterocycles. The molecule has 0 bridgehead atoms. The van der Waals surface area contributed by atoms with Gasteiger partial charge in [-0.1, -0.05) is 0 Å². The highest BCUT2D eigenvalue weighted by molar-refractivity contribution is 5.33. The van der Waals surface area contributed by atoms with Gasteiger partial charge in [0.1, 0.15) is 0 Å². The maximum Gasteiger partial charge on any atom is 0.225 e. The van der Waals surface area contributed by atoms with Gasteiger partial charge in [-0.2, -0.15) is 0 Å². The van der Waals surface area contributed by atoms with Gasteiger partial charge in [0.15, 0.2) is 0 Å². The van der Waals surface area contributed by atoms with Crippen LogP contribution in [0.4, 0.5) is 5.95 Å². The van der Waals surface area contributed by atoms with Gasteiger partial charge in [-0.05, 0) is 46.7 Å². The SMILES string of the molecule is Cc1nc(N2CCC(N(C)C)CC2)ncc1CNC1CC1. The summed E-state index contributed by atoms with van der Waals surface area (Å²) in [7, 11) is 4.34. The fraction of sp³-hybridized carbons (Fsp3) is 0.750. The predicted molar refractivity (Wildman–Crippen MR) is 85.6 cm³/mol. The highest BCUT2D eigenvalue weighted by Crippen LogP contribution is 2.21. The van der Waals surface area contributed by atoms with Gasteiger partial charge in [0, 0.05) is 49.2 Å². The smallest absolute Gasteiger partial charge is 0.225 e. The van der Waals surface area contributed by atoms with Crippen LogP contribution in [0, 0.1) is 6.92 Å². The molecule has 0 aromatic carbocycles. The largest absolute Gasteiger partial charge is 0.341 e. The molecule has 0 radical (unpaired) electrons. The van der Waals surface area contributed by atoms with E-state index in [-0.39, 0.29) is 0 Å². The van der Waals surface area contributed by atoms with Gasteiger partial charge in [-0.25, -0.2) is 9.97 Å². The van der Waals surface area contributed by atoms with Crippen LogP contribution in [0.2, 0.25) is 0 Å². The molecule has 2 heterocycles. The molecule has 1 aliphatic heterocycles. The Morgan fingerprint density at radius 1 is 1.24 bits per heavy atom. The number of nitrogens with zero attached hydrogens (tertiary/aromatic N) is 4. The number of nitrogens with one attached hydrogen (secondary N) is 1. The number of anilines is 1. The molecule has 1 saturated carbocycles. The molecule has 2 aliphatic rings. The molecule has 21 heavy (non-hydrogen) atoms. The van der Waals surface area contributed by atoms with E-state index in [2.05, 4.69) is 41.1 Å². The van der Waals surface area contributed by atoms with E-state index in [0.29, 0.717) is 6.04 Å². The second kappa shape index (κ2) is 6.28. The second-order valence-electron chi connectivity index (χ2n) is 6.62. The van der Waals surface area contributed by atoms with Crippen molar-refractivity contribution in [1.82, 2.24) is 20.2 Å². The summed E-state index contributed by atoms with van der Waals surface area (Å²) in [5.41, 5.74) is 2.34. The van der Waals surface area contributed by atoms with E-state index in [4.69, 9.17) is 4.98 Å². The first kappa shape index (κ1) is 14.7. The number of rotatable bonds is 5. The third-order valence-electron chi connectivity index (χ3n) is 4.70. The summed E-state index contributed by atoms with van der Waals surface area (Å²) in [4.78, 5) is 14.0. The molecule has 1 aromatic rings. The van der Waals surface area contributed by atoms with Crippen molar-refractivity contribution in [3.8, 4) is 0 Å². The Labute approximate surface area is 127 Å². The molecule has 0 amide bonds. The van der Waals surface area contributed by atoms with Crippen LogP contribution in [-0.4, -0.2) is 54.1 Å². The molecule has 0 atom stereocenters. The van der Waals surface area contributed by atoms with E-state index < -0.39 is 0 Å². The van der Waals surface area contributed by atoms with Crippen LogP contribution in [0.1, 0.15) is 36.9 Å². The Morgan fingerprint density at radius 2 is 1.95 bits per heavy atom. The molecule has 1 saturated heterocycles. The summed E-state index contributed by atoms with van der Waals surface area (Å²) in [6, 6.07) is 1.43. The average molecular weight is 289 g/mol. The van der Waals surface area contributed by atoms with Gasteiger partial charge in [0.2, 0.25) is 5.95 Å². The standard InChI is InChI=1S/C16H27N5/c1-12-13(10-17-14-4-5-14)11-18-16(19-12)21-8-6-15(7-9-21)20(2)3/h11,14-15,17H,4-10H2,1-3H3. The van der Waals surface area contributed by atoms with Crippen molar-refractivity contribution in [2.24, 2.45) is 0 Å². The molecule has 0 spiro atoms. The van der Waals surface area contributed by atoms with E-state index in [1.54, 1.807) is 0 Å². The maximum atomic E-state index is 4.73. The van der Waals surface area contributed by atoms with Gasteiger partial charge < -0.3 is 15.1 Å². The quantitative estimate of drug-likeness (QED) is 0.891. The molecule has 2 fully saturated rings. The van der Waals surface area contributed by atoms with Crippen molar-refractivity contribution in [3.63, 3.8) is 0 Å². The first-order valence-electron chi connectivity index (χ1n) is 8.11. The number of hydrogen-bond acceptors (Lipinski definition) is 5. The van der Waals surface area contributed by atoms with Crippen molar-refractivity contribution in [2.75, 3.05) is 32.1 Å². The monoisotopic (exact) mass is 289 g/mol. The first-order chi connectivity index (χ1) is 10.1. The molecule has 116 valence electrons. The van der Waals surface area contributed by atoms with Crippen molar-refractivity contribution in [1.29, 1.82) is 0 Å². The van der Waals surface area contributed by atoms with Gasteiger partial charge in [0.05, 0.1) is 0 Å². The van der Waals surface area contributed by atoms with E-state index >= 15 is 0 Å². The van der Waals surface area contributed by atoms with Crippen LogP contribution in [0.25, 0.3) is 0 Å². The zero-order valence-electron chi connectivity index (χ0n) is 13.5. The Hall–Kier alpha value is -1.20. The van der Waals surface area contributed by atoms with E-state index in [1.807, 2.05) is 6.20 Å². The lowest BCUT2D eigenvalue weighted by Crippen LogP contribution is -2.42. The van der Waals surface area contributed by atoms with Gasteiger partial charge in [-0.15, -0.1) is 0 Å². The molecule has 3 rings (SSSR count). The van der Waals surface area contributed by atoms with Gasteiger partial charge in [-0.3, -0.25) is 0 Å². The Bertz CT molecular complexity index is 476. The summed E-state index contributed by atoms with van der Waals surface area (Å²) in [5.74, 6) is 0.903. The Balaban J connectivity index is 1.59. The topological polar surface area (TPSA) is 44.3 Å². The molecule has 1 N–H and O–H groups in total. The van der Waals surface area contributed by atoms with Crippen LogP contribution >= 0.6 is 0 Å². The lowest BCUT2D eigenvalue weighted by atomic mass is 10.0. The lowest BCUT2D eigenvalue weighted by Gasteiger charge is -2.35. The Kier molecular flexibility index (Phi) is 4.40. The summed E-state index contributed by atoms with van der Waals surface area (Å²) in [5, 5.41) is 3.53. The minimum atomic E-state index is 0.698. The van der Waals surface area contributed by atoms with Crippen LogP contribution in [-0.2, 0) is 6.54 Å². The van der Waals surface area contributed by atoms with Crippen LogP contribution in [0.15, 0.2) is 6.20 Å². The van der Waals surface area contributed by atoms with Gasteiger partial charge in [0.25, 0.3) is 0 Å². The predicted octanol–water partition coefficient (Wildman–Crippen LogP) is 1.57. The first-order valence-corrected chi connectivity index (χ1v) is 8.11. The van der Waals surface area contributed by atoms with Crippen molar-refractivity contribution < 1.29 is 0 Å². The van der Waals surface area contributed by atoms with Gasteiger partial charge >= 0.3 is 0 Å². The summed E-state index contributed by atoms with van der Waals surface area (Å²) in [6.07, 6.45) is 7.03. The van der Waals surface area contributed by atoms with E-state index in [0.717, 1.165) is 37.3 Å². The normalized spacial score (nSPS) is 20.3. The van der Waals surface area contributed by atoms with Crippen LogP contribution < -0.4 is 10.2 Å². The minimum Gasteiger partial charge on any atom is -0.341 e. The molecular weight excluding hydrogens is 262 g/mol. The number of aromatic nitrogens is 2. The summed E-state index contributed by atoms with van der Waals surface area (Å²) >= 11 is 0. The third-order valence-corrected chi connectivity index (χ3v) is 4.70. The highest BCUT2D eigenvalue weighted by Gasteiger charge is 2.23. The molecule has 1 aliphatic carbocycles. The molecule has 0 unspecified atom stereocenters. The van der Waals surface area contributed by atoms with Crippen molar-refractivity contribution in [3.05, 3.63) is 17.5 Å². The molecule has 5 heteroatoms. The molecular formula is C16H27N5. The highest BCUT2D eigenvalue weighted by atomic mass is 15.3. The number of hydrogen-bond donors (Lipinski definition) is 1. The fourth-order valence-electron chi connectivity index (χ4n) is 2.93. The zero-order chi connectivity index (χ0) is 14.8. The minimum absolute atomic E-state index is 0.698. The third kappa shape index (κ3) is 3.71. The van der Waals surface area contributed by atoms with Crippen molar-refractivity contribution >= 4 is 5.95 Å². The number of aryl methyl sites for hydroxylation is 1. The summed E-state index contributed by atoms with van der Waals surface area (Å²) < 4.78 is 0. The van der Waals surface area contributed by atoms with Crippen LogP contribution in [0.5, 0.6) is 0 Å². The molecule has 5 nitrogen and oxygen atoms in total.